The van der Waals surface area contributed by atoms with Gasteiger partial charge in [0.25, 0.3) is 11.8 Å². The molecule has 2 aliphatic rings. The van der Waals surface area contributed by atoms with Gasteiger partial charge in [0.05, 0.1) is 6.04 Å². The standard InChI is InChI=1S/C19H25N5O9S/c1-19(2,3)32-17(27)20-12-6-4-11(5-7-12)15(25)21-22-16(26)14-9-8-13-10-23(14)18(28)24(13)33-34(29,30)31/h4-7,13-14H,8-10H2,1-3H3,(H,20,27)(H,21,25)(H,22,26)(H,29,30,31)/t13-,14+/m1/s1. The summed E-state index contributed by atoms with van der Waals surface area (Å²) in [6.07, 6.45) is -0.214. The number of carbonyl (C=O) groups excluding carboxylic acids is 4. The summed E-state index contributed by atoms with van der Waals surface area (Å²) < 4.78 is 40.2. The average Bonchev–Trinajstić information content (AvgIpc) is 2.94. The number of piperidine rings is 1. The number of carbonyl (C=O) groups is 4. The van der Waals surface area contributed by atoms with Crippen molar-refractivity contribution in [2.24, 2.45) is 0 Å². The molecule has 4 N–H and O–H groups in total. The van der Waals surface area contributed by atoms with Crippen molar-refractivity contribution in [3.05, 3.63) is 29.8 Å². The number of urea groups is 1. The van der Waals surface area contributed by atoms with Crippen LogP contribution in [0, 0.1) is 0 Å². The van der Waals surface area contributed by atoms with Crippen LogP contribution < -0.4 is 16.2 Å². The SMILES string of the molecule is CC(C)(C)OC(=O)Nc1ccc(C(=O)NNC(=O)[C@@H]2CC[C@@H]3CN2C(=O)N3OS(=O)(=O)O)cc1. The summed E-state index contributed by atoms with van der Waals surface area (Å²) in [6, 6.07) is 3.31. The van der Waals surface area contributed by atoms with E-state index in [1.165, 1.54) is 24.3 Å². The Hall–Kier alpha value is -3.43. The third-order valence-corrected chi connectivity index (χ3v) is 5.24. The minimum Gasteiger partial charge on any atom is -0.444 e. The van der Waals surface area contributed by atoms with Crippen molar-refractivity contribution in [2.75, 3.05) is 11.9 Å². The molecule has 2 heterocycles. The molecule has 14 nitrogen and oxygen atoms in total. The van der Waals surface area contributed by atoms with Gasteiger partial charge in [-0.3, -0.25) is 30.3 Å². The Bertz CT molecular complexity index is 1080. The van der Waals surface area contributed by atoms with Crippen molar-refractivity contribution < 1.29 is 41.2 Å². The van der Waals surface area contributed by atoms with Crippen molar-refractivity contribution in [1.82, 2.24) is 20.8 Å². The number of nitrogens with one attached hydrogen (secondary N) is 3. The third kappa shape index (κ3) is 6.33. The van der Waals surface area contributed by atoms with Gasteiger partial charge >= 0.3 is 22.5 Å². The number of hydroxylamine groups is 2. The Morgan fingerprint density at radius 3 is 2.32 bits per heavy atom. The van der Waals surface area contributed by atoms with Crippen molar-refractivity contribution in [3.63, 3.8) is 0 Å². The van der Waals surface area contributed by atoms with E-state index in [4.69, 9.17) is 9.29 Å². The normalized spacial score (nSPS) is 20.1. The van der Waals surface area contributed by atoms with Gasteiger partial charge in [0.2, 0.25) is 0 Å². The first-order valence-corrected chi connectivity index (χ1v) is 11.6. The largest absolute Gasteiger partial charge is 0.444 e. The summed E-state index contributed by atoms with van der Waals surface area (Å²) in [7, 11) is -4.90. The highest BCUT2D eigenvalue weighted by Gasteiger charge is 2.49. The lowest BCUT2D eigenvalue weighted by Gasteiger charge is -2.29. The van der Waals surface area contributed by atoms with E-state index < -0.39 is 52.0 Å². The van der Waals surface area contributed by atoms with Crippen LogP contribution >= 0.6 is 0 Å². The van der Waals surface area contributed by atoms with E-state index in [1.54, 1.807) is 20.8 Å². The van der Waals surface area contributed by atoms with E-state index in [1.807, 2.05) is 0 Å². The molecule has 1 aromatic rings. The van der Waals surface area contributed by atoms with Gasteiger partial charge in [-0.05, 0) is 57.9 Å². The number of nitrogens with zero attached hydrogens (tertiary/aromatic N) is 2. The molecule has 3 rings (SSSR count). The predicted octanol–water partition coefficient (Wildman–Crippen LogP) is 0.798. The van der Waals surface area contributed by atoms with Gasteiger partial charge < -0.3 is 9.64 Å². The van der Waals surface area contributed by atoms with E-state index in [9.17, 15) is 27.6 Å². The van der Waals surface area contributed by atoms with Crippen LogP contribution in [0.5, 0.6) is 0 Å². The maximum atomic E-state index is 12.5. The van der Waals surface area contributed by atoms with E-state index in [2.05, 4.69) is 20.5 Å². The van der Waals surface area contributed by atoms with Gasteiger partial charge in [-0.1, -0.05) is 0 Å². The zero-order chi connectivity index (χ0) is 25.3. The second kappa shape index (κ2) is 9.44. The third-order valence-electron chi connectivity index (χ3n) is 4.89. The summed E-state index contributed by atoms with van der Waals surface area (Å²) in [5.41, 5.74) is 4.40. The molecule has 2 fully saturated rings. The van der Waals surface area contributed by atoms with Crippen LogP contribution in [0.3, 0.4) is 0 Å². The van der Waals surface area contributed by atoms with Crippen LogP contribution in [0.25, 0.3) is 0 Å². The minimum atomic E-state index is -4.90. The summed E-state index contributed by atoms with van der Waals surface area (Å²) in [5.74, 6) is -1.33. The number of hydrazine groups is 1. The maximum Gasteiger partial charge on any atom is 0.418 e. The fourth-order valence-corrected chi connectivity index (χ4v) is 3.89. The molecule has 1 aromatic carbocycles. The first-order valence-electron chi connectivity index (χ1n) is 10.2. The predicted molar refractivity (Wildman–Crippen MR) is 115 cm³/mol. The Morgan fingerprint density at radius 1 is 1.09 bits per heavy atom. The molecule has 5 amide bonds. The molecular weight excluding hydrogens is 474 g/mol. The number of amides is 5. The summed E-state index contributed by atoms with van der Waals surface area (Å²) >= 11 is 0. The van der Waals surface area contributed by atoms with Crippen molar-refractivity contribution >= 4 is 40.0 Å². The van der Waals surface area contributed by atoms with Crippen LogP contribution in [0.1, 0.15) is 44.0 Å². The number of hydrogen-bond acceptors (Lipinski definition) is 8. The number of ether oxygens (including phenoxy) is 1. The molecule has 15 heteroatoms. The van der Waals surface area contributed by atoms with E-state index in [-0.39, 0.29) is 24.9 Å². The molecule has 2 bridgehead atoms. The lowest BCUT2D eigenvalue weighted by Crippen LogP contribution is -2.54. The molecule has 0 unspecified atom stereocenters. The molecule has 0 aliphatic carbocycles. The van der Waals surface area contributed by atoms with E-state index in [0.29, 0.717) is 10.8 Å². The van der Waals surface area contributed by atoms with Gasteiger partial charge in [0.15, 0.2) is 0 Å². The average molecular weight is 500 g/mol. The second-order valence-electron chi connectivity index (χ2n) is 8.66. The van der Waals surface area contributed by atoms with Gasteiger partial charge in [-0.15, -0.1) is 4.28 Å². The van der Waals surface area contributed by atoms with Crippen LogP contribution in [0.4, 0.5) is 15.3 Å². The number of fused-ring (bicyclic) bond motifs is 2. The molecule has 2 aliphatic heterocycles. The second-order valence-corrected chi connectivity index (χ2v) is 9.66. The van der Waals surface area contributed by atoms with Crippen LogP contribution in [-0.2, 0) is 24.2 Å². The smallest absolute Gasteiger partial charge is 0.418 e. The fraction of sp³-hybridized carbons (Fsp3) is 0.474. The summed E-state index contributed by atoms with van der Waals surface area (Å²) in [4.78, 5) is 50.1. The molecule has 0 saturated carbocycles. The molecule has 0 spiro atoms. The van der Waals surface area contributed by atoms with Crippen molar-refractivity contribution in [3.8, 4) is 0 Å². The first kappa shape index (κ1) is 25.2. The fourth-order valence-electron chi connectivity index (χ4n) is 3.50. The van der Waals surface area contributed by atoms with E-state index in [0.717, 1.165) is 4.90 Å². The van der Waals surface area contributed by atoms with Crippen molar-refractivity contribution in [2.45, 2.75) is 51.3 Å². The summed E-state index contributed by atoms with van der Waals surface area (Å²) in [5, 5.41) is 3.05. The first-order chi connectivity index (χ1) is 15.7. The molecule has 186 valence electrons. The highest BCUT2D eigenvalue weighted by molar-refractivity contribution is 7.80. The molecule has 34 heavy (non-hydrogen) atoms. The topological polar surface area (TPSA) is 184 Å². The van der Waals surface area contributed by atoms with E-state index >= 15 is 0 Å². The summed E-state index contributed by atoms with van der Waals surface area (Å²) in [6.45, 7) is 5.20. The molecule has 2 atom stereocenters. The number of anilines is 1. The maximum absolute atomic E-state index is 12.5. The zero-order valence-corrected chi connectivity index (χ0v) is 19.4. The molecule has 2 saturated heterocycles. The van der Waals surface area contributed by atoms with Gasteiger partial charge in [0.1, 0.15) is 11.6 Å². The lowest BCUT2D eigenvalue weighted by atomic mass is 10.0. The number of benzene rings is 1. The molecule has 0 aromatic heterocycles. The Kier molecular flexibility index (Phi) is 6.99. The number of rotatable bonds is 5. The monoisotopic (exact) mass is 499 g/mol. The van der Waals surface area contributed by atoms with Gasteiger partial charge in [0, 0.05) is 17.8 Å². The minimum absolute atomic E-state index is 0.0203. The van der Waals surface area contributed by atoms with Crippen LogP contribution in [0.15, 0.2) is 24.3 Å². The quantitative estimate of drug-likeness (QED) is 0.336. The number of hydrogen-bond donors (Lipinski definition) is 4. The zero-order valence-electron chi connectivity index (χ0n) is 18.6. The molecule has 0 radical (unpaired) electrons. The highest BCUT2D eigenvalue weighted by Crippen LogP contribution is 2.30. The van der Waals surface area contributed by atoms with Crippen LogP contribution in [0.2, 0.25) is 0 Å². The van der Waals surface area contributed by atoms with Crippen molar-refractivity contribution in [1.29, 1.82) is 0 Å². The van der Waals surface area contributed by atoms with Crippen LogP contribution in [-0.4, -0.2) is 71.1 Å². The Labute approximate surface area is 195 Å². The van der Waals surface area contributed by atoms with Gasteiger partial charge in [-0.25, -0.2) is 9.59 Å². The van der Waals surface area contributed by atoms with Gasteiger partial charge in [-0.2, -0.15) is 13.5 Å². The highest BCUT2D eigenvalue weighted by atomic mass is 32.3. The molecular formula is C19H25N5O9S. The Morgan fingerprint density at radius 2 is 1.74 bits per heavy atom. The lowest BCUT2D eigenvalue weighted by molar-refractivity contribution is -0.126. The Balaban J connectivity index is 1.53.